The summed E-state index contributed by atoms with van der Waals surface area (Å²) in [6.45, 7) is 2.43. The van der Waals surface area contributed by atoms with E-state index in [9.17, 15) is 0 Å². The predicted molar refractivity (Wildman–Crippen MR) is 115 cm³/mol. The SMILES string of the molecule is COc1cc(C=Nc2ccc(C)c(Cl)c2)cc(Br)c1OCc1ccccc1. The summed E-state index contributed by atoms with van der Waals surface area (Å²) < 4.78 is 12.3. The molecule has 0 heterocycles. The largest absolute Gasteiger partial charge is 0.493 e. The molecule has 3 aromatic carbocycles. The molecule has 0 saturated heterocycles. The van der Waals surface area contributed by atoms with E-state index >= 15 is 0 Å². The topological polar surface area (TPSA) is 30.8 Å². The highest BCUT2D eigenvalue weighted by molar-refractivity contribution is 9.10. The first-order valence-electron chi connectivity index (χ1n) is 8.41. The van der Waals surface area contributed by atoms with Gasteiger partial charge < -0.3 is 9.47 Å². The highest BCUT2D eigenvalue weighted by atomic mass is 79.9. The minimum absolute atomic E-state index is 0.463. The molecule has 0 unspecified atom stereocenters. The standard InChI is InChI=1S/C22H19BrClNO2/c1-15-8-9-18(12-20(15)24)25-13-17-10-19(23)22(21(11-17)26-2)27-14-16-6-4-3-5-7-16/h3-13H,14H2,1-2H3. The number of rotatable bonds is 6. The Balaban J connectivity index is 1.80. The minimum Gasteiger partial charge on any atom is -0.493 e. The van der Waals surface area contributed by atoms with E-state index in [1.54, 1.807) is 13.3 Å². The van der Waals surface area contributed by atoms with Crippen molar-refractivity contribution >= 4 is 39.4 Å². The molecule has 3 rings (SSSR count). The van der Waals surface area contributed by atoms with Crippen LogP contribution in [0.25, 0.3) is 0 Å². The van der Waals surface area contributed by atoms with Gasteiger partial charge in [0, 0.05) is 11.2 Å². The Bertz CT molecular complexity index is 958. The molecule has 0 amide bonds. The van der Waals surface area contributed by atoms with Gasteiger partial charge in [0.05, 0.1) is 17.3 Å². The fraction of sp³-hybridized carbons (Fsp3) is 0.136. The van der Waals surface area contributed by atoms with E-state index in [1.807, 2.05) is 67.6 Å². The molecule has 3 nitrogen and oxygen atoms in total. The van der Waals surface area contributed by atoms with Crippen molar-refractivity contribution in [2.45, 2.75) is 13.5 Å². The summed E-state index contributed by atoms with van der Waals surface area (Å²) in [6.07, 6.45) is 1.77. The van der Waals surface area contributed by atoms with Gasteiger partial charge in [-0.1, -0.05) is 48.0 Å². The summed E-state index contributed by atoms with van der Waals surface area (Å²) in [6, 6.07) is 19.6. The molecule has 0 aliphatic heterocycles. The molecule has 0 aromatic heterocycles. The van der Waals surface area contributed by atoms with E-state index in [2.05, 4.69) is 20.9 Å². The molecule has 0 N–H and O–H groups in total. The van der Waals surface area contributed by atoms with E-state index in [1.165, 1.54) is 0 Å². The number of hydrogen-bond acceptors (Lipinski definition) is 3. The molecule has 0 saturated carbocycles. The van der Waals surface area contributed by atoms with Gasteiger partial charge >= 0.3 is 0 Å². The molecule has 138 valence electrons. The van der Waals surface area contributed by atoms with Gasteiger partial charge in [-0.15, -0.1) is 0 Å². The fourth-order valence-corrected chi connectivity index (χ4v) is 3.24. The van der Waals surface area contributed by atoms with Crippen LogP contribution in [-0.4, -0.2) is 13.3 Å². The van der Waals surface area contributed by atoms with Crippen molar-refractivity contribution in [3.8, 4) is 11.5 Å². The van der Waals surface area contributed by atoms with Gasteiger partial charge in [0.1, 0.15) is 6.61 Å². The predicted octanol–water partition coefficient (Wildman–Crippen LogP) is 6.75. The van der Waals surface area contributed by atoms with Gasteiger partial charge in [-0.05, 0) is 63.8 Å². The number of aliphatic imine (C=N–C) groups is 1. The lowest BCUT2D eigenvalue weighted by Crippen LogP contribution is -1.99. The highest BCUT2D eigenvalue weighted by Gasteiger charge is 2.11. The first-order valence-corrected chi connectivity index (χ1v) is 9.58. The second-order valence-electron chi connectivity index (χ2n) is 6.00. The first-order chi connectivity index (χ1) is 13.1. The van der Waals surface area contributed by atoms with Crippen LogP contribution in [-0.2, 0) is 6.61 Å². The summed E-state index contributed by atoms with van der Waals surface area (Å²) in [5.74, 6) is 1.31. The zero-order valence-electron chi connectivity index (χ0n) is 15.1. The van der Waals surface area contributed by atoms with Gasteiger partial charge in [0.25, 0.3) is 0 Å². The first kappa shape index (κ1) is 19.5. The monoisotopic (exact) mass is 443 g/mol. The molecule has 27 heavy (non-hydrogen) atoms. The second kappa shape index (κ2) is 9.07. The van der Waals surface area contributed by atoms with Crippen LogP contribution in [0.15, 0.2) is 70.1 Å². The summed E-state index contributed by atoms with van der Waals surface area (Å²) in [4.78, 5) is 4.49. The molecule has 3 aromatic rings. The van der Waals surface area contributed by atoms with Gasteiger partial charge in [-0.25, -0.2) is 0 Å². The molecule has 0 aliphatic rings. The number of aryl methyl sites for hydroxylation is 1. The molecule has 5 heteroatoms. The zero-order chi connectivity index (χ0) is 19.2. The van der Waals surface area contributed by atoms with Gasteiger partial charge in [-0.2, -0.15) is 0 Å². The Labute approximate surface area is 172 Å². The number of ether oxygens (including phenoxy) is 2. The van der Waals surface area contributed by atoms with Crippen LogP contribution < -0.4 is 9.47 Å². The van der Waals surface area contributed by atoms with Crippen molar-refractivity contribution in [3.63, 3.8) is 0 Å². The van der Waals surface area contributed by atoms with Crippen molar-refractivity contribution < 1.29 is 9.47 Å². The van der Waals surface area contributed by atoms with Gasteiger partial charge in [0.15, 0.2) is 11.5 Å². The molecule has 0 radical (unpaired) electrons. The number of benzene rings is 3. The lowest BCUT2D eigenvalue weighted by atomic mass is 10.2. The molecule has 0 aliphatic carbocycles. The lowest BCUT2D eigenvalue weighted by molar-refractivity contribution is 0.282. The average molecular weight is 445 g/mol. The van der Waals surface area contributed by atoms with E-state index in [0.29, 0.717) is 23.1 Å². The third-order valence-corrected chi connectivity index (χ3v) is 4.99. The van der Waals surface area contributed by atoms with Gasteiger partial charge in [0.2, 0.25) is 0 Å². The molecule has 0 bridgehead atoms. The number of nitrogens with zero attached hydrogens (tertiary/aromatic N) is 1. The highest BCUT2D eigenvalue weighted by Crippen LogP contribution is 2.37. The van der Waals surface area contributed by atoms with Crippen molar-refractivity contribution in [2.75, 3.05) is 7.11 Å². The normalized spacial score (nSPS) is 11.0. The van der Waals surface area contributed by atoms with E-state index in [4.69, 9.17) is 21.1 Å². The van der Waals surface area contributed by atoms with Crippen LogP contribution in [0, 0.1) is 6.92 Å². The summed E-state index contributed by atoms with van der Waals surface area (Å²) in [5.41, 5.74) is 3.81. The van der Waals surface area contributed by atoms with Crippen LogP contribution >= 0.6 is 27.5 Å². The smallest absolute Gasteiger partial charge is 0.175 e. The van der Waals surface area contributed by atoms with E-state index in [0.717, 1.165) is 26.9 Å². The maximum atomic E-state index is 6.16. The van der Waals surface area contributed by atoms with Crippen LogP contribution in [0.4, 0.5) is 5.69 Å². The second-order valence-corrected chi connectivity index (χ2v) is 7.26. The Hall–Kier alpha value is -2.30. The Morgan fingerprint density at radius 3 is 2.56 bits per heavy atom. The summed E-state index contributed by atoms with van der Waals surface area (Å²) in [7, 11) is 1.62. The lowest BCUT2D eigenvalue weighted by Gasteiger charge is -2.13. The fourth-order valence-electron chi connectivity index (χ4n) is 2.50. The maximum Gasteiger partial charge on any atom is 0.175 e. The maximum absolute atomic E-state index is 6.16. The Morgan fingerprint density at radius 1 is 1.07 bits per heavy atom. The minimum atomic E-state index is 0.463. The van der Waals surface area contributed by atoms with Crippen molar-refractivity contribution in [1.29, 1.82) is 0 Å². The molecule has 0 fully saturated rings. The van der Waals surface area contributed by atoms with Crippen molar-refractivity contribution in [1.82, 2.24) is 0 Å². The van der Waals surface area contributed by atoms with Crippen LogP contribution in [0.2, 0.25) is 5.02 Å². The molecule has 0 atom stereocenters. The average Bonchev–Trinajstić information content (AvgIpc) is 2.68. The quantitative estimate of drug-likeness (QED) is 0.394. The number of methoxy groups -OCH3 is 1. The summed E-state index contributed by atoms with van der Waals surface area (Å²) in [5, 5.41) is 0.702. The molecular weight excluding hydrogens is 426 g/mol. The number of halogens is 2. The van der Waals surface area contributed by atoms with Crippen molar-refractivity contribution in [2.24, 2.45) is 4.99 Å². The van der Waals surface area contributed by atoms with Gasteiger partial charge in [-0.3, -0.25) is 4.99 Å². The Morgan fingerprint density at radius 2 is 1.85 bits per heavy atom. The van der Waals surface area contributed by atoms with Crippen LogP contribution in [0.5, 0.6) is 11.5 Å². The molecule has 0 spiro atoms. The molecular formula is C22H19BrClNO2. The van der Waals surface area contributed by atoms with Crippen LogP contribution in [0.1, 0.15) is 16.7 Å². The third kappa shape index (κ3) is 5.12. The third-order valence-electron chi connectivity index (χ3n) is 4.00. The number of hydrogen-bond donors (Lipinski definition) is 0. The Kier molecular flexibility index (Phi) is 6.54. The van der Waals surface area contributed by atoms with Crippen LogP contribution in [0.3, 0.4) is 0 Å². The van der Waals surface area contributed by atoms with E-state index < -0.39 is 0 Å². The summed E-state index contributed by atoms with van der Waals surface area (Å²) >= 11 is 9.73. The van der Waals surface area contributed by atoms with E-state index in [-0.39, 0.29) is 0 Å². The van der Waals surface area contributed by atoms with Crippen molar-refractivity contribution in [3.05, 3.63) is 86.8 Å². The zero-order valence-corrected chi connectivity index (χ0v) is 17.4.